The molecule has 23 heavy (non-hydrogen) atoms. The van der Waals surface area contributed by atoms with Gasteiger partial charge >= 0.3 is 18.0 Å². The third kappa shape index (κ3) is 5.24. The lowest BCUT2D eigenvalue weighted by Gasteiger charge is -2.17. The minimum absolute atomic E-state index is 0.0836. The first kappa shape index (κ1) is 19.0. The SMILES string of the molecule is Cc1cccc(C(C)C)c1NC(=O)C(=O)NC[C@H](O)C(F)(F)F. The summed E-state index contributed by atoms with van der Waals surface area (Å²) in [5, 5.41) is 13.0. The van der Waals surface area contributed by atoms with Gasteiger partial charge < -0.3 is 15.7 Å². The predicted octanol–water partition coefficient (Wildman–Crippen LogP) is 2.10. The maximum Gasteiger partial charge on any atom is 0.416 e. The topological polar surface area (TPSA) is 78.4 Å². The number of hydrogen-bond acceptors (Lipinski definition) is 3. The van der Waals surface area contributed by atoms with Gasteiger partial charge in [-0.1, -0.05) is 32.0 Å². The van der Waals surface area contributed by atoms with Crippen LogP contribution in [-0.4, -0.2) is 35.7 Å². The zero-order chi connectivity index (χ0) is 17.8. The molecule has 2 amide bonds. The second kappa shape index (κ2) is 7.45. The van der Waals surface area contributed by atoms with Gasteiger partial charge in [-0.2, -0.15) is 13.2 Å². The largest absolute Gasteiger partial charge is 0.416 e. The van der Waals surface area contributed by atoms with E-state index in [0.717, 1.165) is 11.1 Å². The van der Waals surface area contributed by atoms with Crippen LogP contribution in [0.5, 0.6) is 0 Å². The molecule has 5 nitrogen and oxygen atoms in total. The number of aryl methyl sites for hydroxylation is 1. The van der Waals surface area contributed by atoms with E-state index in [1.54, 1.807) is 30.4 Å². The van der Waals surface area contributed by atoms with E-state index in [4.69, 9.17) is 5.11 Å². The molecular weight excluding hydrogens is 313 g/mol. The summed E-state index contributed by atoms with van der Waals surface area (Å²) in [5.74, 6) is -2.25. The molecular formula is C15H19F3N2O3. The van der Waals surface area contributed by atoms with Gasteiger partial charge in [0.05, 0.1) is 6.54 Å². The molecule has 0 aliphatic rings. The van der Waals surface area contributed by atoms with Crippen LogP contribution in [-0.2, 0) is 9.59 Å². The van der Waals surface area contributed by atoms with Crippen molar-refractivity contribution in [1.82, 2.24) is 5.32 Å². The maximum absolute atomic E-state index is 12.1. The number of anilines is 1. The van der Waals surface area contributed by atoms with Crippen molar-refractivity contribution in [3.8, 4) is 0 Å². The Balaban J connectivity index is 2.75. The van der Waals surface area contributed by atoms with Crippen LogP contribution >= 0.6 is 0 Å². The molecule has 0 spiro atoms. The Morgan fingerprint density at radius 1 is 1.22 bits per heavy atom. The first-order valence-electron chi connectivity index (χ1n) is 6.97. The average Bonchev–Trinajstić information content (AvgIpc) is 2.44. The van der Waals surface area contributed by atoms with E-state index >= 15 is 0 Å². The Labute approximate surface area is 131 Å². The van der Waals surface area contributed by atoms with Gasteiger partial charge in [-0.05, 0) is 24.0 Å². The number of para-hydroxylation sites is 1. The Hall–Kier alpha value is -2.09. The lowest BCUT2D eigenvalue weighted by molar-refractivity contribution is -0.201. The van der Waals surface area contributed by atoms with Crippen molar-refractivity contribution in [2.75, 3.05) is 11.9 Å². The summed E-state index contributed by atoms with van der Waals surface area (Å²) < 4.78 is 36.4. The molecule has 128 valence electrons. The summed E-state index contributed by atoms with van der Waals surface area (Å²) in [6, 6.07) is 5.34. The molecule has 8 heteroatoms. The van der Waals surface area contributed by atoms with Crippen LogP contribution in [0.3, 0.4) is 0 Å². The highest BCUT2D eigenvalue weighted by molar-refractivity contribution is 6.39. The van der Waals surface area contributed by atoms with Crippen molar-refractivity contribution < 1.29 is 27.9 Å². The Kier molecular flexibility index (Phi) is 6.14. The Bertz CT molecular complexity index is 586. The van der Waals surface area contributed by atoms with Crippen LogP contribution in [0.15, 0.2) is 18.2 Å². The number of halogens is 3. The van der Waals surface area contributed by atoms with Gasteiger partial charge in [0.15, 0.2) is 6.10 Å². The number of aliphatic hydroxyl groups is 1. The molecule has 0 saturated heterocycles. The van der Waals surface area contributed by atoms with Crippen LogP contribution in [0.2, 0.25) is 0 Å². The molecule has 0 bridgehead atoms. The molecule has 0 radical (unpaired) electrons. The fourth-order valence-electron chi connectivity index (χ4n) is 1.90. The quantitative estimate of drug-likeness (QED) is 0.739. The fraction of sp³-hybridized carbons (Fsp3) is 0.467. The summed E-state index contributed by atoms with van der Waals surface area (Å²) >= 11 is 0. The second-order valence-electron chi connectivity index (χ2n) is 5.42. The number of carbonyl (C=O) groups excluding carboxylic acids is 2. The smallest absolute Gasteiger partial charge is 0.382 e. The first-order valence-corrected chi connectivity index (χ1v) is 6.97. The van der Waals surface area contributed by atoms with E-state index in [1.165, 1.54) is 0 Å². The number of hydrogen-bond donors (Lipinski definition) is 3. The van der Waals surface area contributed by atoms with Gasteiger partial charge in [-0.15, -0.1) is 0 Å². The van der Waals surface area contributed by atoms with Crippen LogP contribution in [0.4, 0.5) is 18.9 Å². The molecule has 1 aromatic rings. The minimum atomic E-state index is -4.86. The molecule has 0 fully saturated rings. The van der Waals surface area contributed by atoms with Crippen molar-refractivity contribution in [2.24, 2.45) is 0 Å². The van der Waals surface area contributed by atoms with Crippen molar-refractivity contribution >= 4 is 17.5 Å². The fourth-order valence-corrected chi connectivity index (χ4v) is 1.90. The number of amides is 2. The molecule has 0 unspecified atom stereocenters. The van der Waals surface area contributed by atoms with E-state index < -0.39 is 30.6 Å². The summed E-state index contributed by atoms with van der Waals surface area (Å²) in [6.45, 7) is 4.47. The summed E-state index contributed by atoms with van der Waals surface area (Å²) in [4.78, 5) is 23.4. The third-order valence-electron chi connectivity index (χ3n) is 3.21. The van der Waals surface area contributed by atoms with Crippen LogP contribution in [0, 0.1) is 6.92 Å². The highest BCUT2D eigenvalue weighted by atomic mass is 19.4. The van der Waals surface area contributed by atoms with Crippen LogP contribution in [0.1, 0.15) is 30.9 Å². The maximum atomic E-state index is 12.1. The lowest BCUT2D eigenvalue weighted by Crippen LogP contribution is -2.44. The first-order chi connectivity index (χ1) is 10.5. The molecule has 3 N–H and O–H groups in total. The number of carbonyl (C=O) groups is 2. The van der Waals surface area contributed by atoms with Gasteiger partial charge in [0.1, 0.15) is 0 Å². The molecule has 0 aliphatic carbocycles. The average molecular weight is 332 g/mol. The highest BCUT2D eigenvalue weighted by Gasteiger charge is 2.38. The number of nitrogens with one attached hydrogen (secondary N) is 2. The van der Waals surface area contributed by atoms with Gasteiger partial charge in [0.2, 0.25) is 0 Å². The molecule has 0 saturated carbocycles. The van der Waals surface area contributed by atoms with Crippen LogP contribution in [0.25, 0.3) is 0 Å². The second-order valence-corrected chi connectivity index (χ2v) is 5.42. The summed E-state index contributed by atoms with van der Waals surface area (Å²) in [7, 11) is 0. The number of aliphatic hydroxyl groups excluding tert-OH is 1. The van der Waals surface area contributed by atoms with E-state index in [-0.39, 0.29) is 5.92 Å². The zero-order valence-corrected chi connectivity index (χ0v) is 13.0. The molecule has 0 aromatic heterocycles. The number of alkyl halides is 3. The van der Waals surface area contributed by atoms with E-state index in [1.807, 2.05) is 13.8 Å². The number of benzene rings is 1. The Morgan fingerprint density at radius 2 is 1.83 bits per heavy atom. The monoisotopic (exact) mass is 332 g/mol. The lowest BCUT2D eigenvalue weighted by atomic mass is 9.98. The van der Waals surface area contributed by atoms with Gasteiger partial charge in [0.25, 0.3) is 0 Å². The minimum Gasteiger partial charge on any atom is -0.382 e. The highest BCUT2D eigenvalue weighted by Crippen LogP contribution is 2.27. The van der Waals surface area contributed by atoms with E-state index in [0.29, 0.717) is 5.69 Å². The van der Waals surface area contributed by atoms with Crippen molar-refractivity contribution in [2.45, 2.75) is 39.0 Å². The number of rotatable bonds is 4. The molecule has 0 heterocycles. The standard InChI is InChI=1S/C15H19F3N2O3/c1-8(2)10-6-4-5-9(3)12(10)20-14(23)13(22)19-7-11(21)15(16,17)18/h4-6,8,11,21H,7H2,1-3H3,(H,19,22)(H,20,23)/t11-/m0/s1. The van der Waals surface area contributed by atoms with E-state index in [9.17, 15) is 22.8 Å². The molecule has 1 aromatic carbocycles. The summed E-state index contributed by atoms with van der Waals surface area (Å²) in [6.07, 6.45) is -7.58. The normalized spacial score (nSPS) is 12.9. The van der Waals surface area contributed by atoms with Gasteiger partial charge in [-0.3, -0.25) is 9.59 Å². The predicted molar refractivity (Wildman–Crippen MR) is 79.0 cm³/mol. The van der Waals surface area contributed by atoms with E-state index in [2.05, 4.69) is 5.32 Å². The Morgan fingerprint density at radius 3 is 2.35 bits per heavy atom. The van der Waals surface area contributed by atoms with Crippen molar-refractivity contribution in [1.29, 1.82) is 0 Å². The third-order valence-corrected chi connectivity index (χ3v) is 3.21. The van der Waals surface area contributed by atoms with Gasteiger partial charge in [0, 0.05) is 5.69 Å². The van der Waals surface area contributed by atoms with Crippen molar-refractivity contribution in [3.05, 3.63) is 29.3 Å². The van der Waals surface area contributed by atoms with Crippen molar-refractivity contribution in [3.63, 3.8) is 0 Å². The summed E-state index contributed by atoms with van der Waals surface area (Å²) in [5.41, 5.74) is 1.99. The molecule has 1 atom stereocenters. The zero-order valence-electron chi connectivity index (χ0n) is 13.0. The van der Waals surface area contributed by atoms with Gasteiger partial charge in [-0.25, -0.2) is 0 Å². The molecule has 0 aliphatic heterocycles. The molecule has 1 rings (SSSR count). The van der Waals surface area contributed by atoms with Crippen LogP contribution < -0.4 is 10.6 Å².